The molecular formula is C22H30O5. The minimum atomic E-state index is -0.472. The minimum Gasteiger partial charge on any atom is -0.469 e. The van der Waals surface area contributed by atoms with Crippen molar-refractivity contribution >= 4 is 11.8 Å². The summed E-state index contributed by atoms with van der Waals surface area (Å²) in [5, 5.41) is 0. The first-order valence-electron chi connectivity index (χ1n) is 9.46. The number of benzene rings is 1. The van der Waals surface area contributed by atoms with Gasteiger partial charge in [-0.2, -0.15) is 0 Å². The number of ketones is 1. The van der Waals surface area contributed by atoms with Crippen LogP contribution in [-0.2, 0) is 30.4 Å². The lowest BCUT2D eigenvalue weighted by Crippen LogP contribution is -2.18. The predicted octanol–water partition coefficient (Wildman–Crippen LogP) is 4.00. The zero-order valence-corrected chi connectivity index (χ0v) is 16.5. The van der Waals surface area contributed by atoms with Gasteiger partial charge in [-0.05, 0) is 38.7 Å². The Morgan fingerprint density at radius 2 is 1.96 bits per heavy atom. The molecule has 0 spiro atoms. The van der Waals surface area contributed by atoms with E-state index in [1.807, 2.05) is 18.2 Å². The Morgan fingerprint density at radius 1 is 1.22 bits per heavy atom. The molecule has 5 nitrogen and oxygen atoms in total. The standard InChI is InChI=1S/C22H30O5/c1-17(8-7-11-19(23)14-21(24)25-3)12-13-20-22(2,27-20)16-26-15-18-9-5-4-6-10-18/h4-6,8-10,20H,7,11-16H2,1-3H3/b17-8+/t20-,22-/m0/s1. The topological polar surface area (TPSA) is 65.1 Å². The fraction of sp³-hybridized carbons (Fsp3) is 0.545. The van der Waals surface area contributed by atoms with E-state index in [-0.39, 0.29) is 23.9 Å². The molecule has 27 heavy (non-hydrogen) atoms. The number of carbonyl (C=O) groups excluding carboxylic acids is 2. The number of ether oxygens (including phenoxy) is 3. The summed E-state index contributed by atoms with van der Waals surface area (Å²) >= 11 is 0. The number of hydrogen-bond donors (Lipinski definition) is 0. The van der Waals surface area contributed by atoms with E-state index in [0.717, 1.165) is 12.8 Å². The number of esters is 1. The van der Waals surface area contributed by atoms with Crippen molar-refractivity contribution in [2.75, 3.05) is 13.7 Å². The van der Waals surface area contributed by atoms with Gasteiger partial charge in [-0.1, -0.05) is 42.0 Å². The van der Waals surface area contributed by atoms with Crippen molar-refractivity contribution in [2.45, 2.75) is 64.3 Å². The van der Waals surface area contributed by atoms with Crippen LogP contribution in [0.15, 0.2) is 42.0 Å². The molecule has 1 aliphatic heterocycles. The van der Waals surface area contributed by atoms with E-state index >= 15 is 0 Å². The number of Topliss-reactive ketones (excluding diaryl/α,β-unsaturated/α-hetero) is 1. The molecule has 0 saturated carbocycles. The molecule has 0 bridgehead atoms. The summed E-state index contributed by atoms with van der Waals surface area (Å²) in [5.74, 6) is -0.556. The van der Waals surface area contributed by atoms with E-state index in [2.05, 4.69) is 36.8 Å². The highest BCUT2D eigenvalue weighted by molar-refractivity contribution is 5.95. The summed E-state index contributed by atoms with van der Waals surface area (Å²) in [6.45, 7) is 5.35. The van der Waals surface area contributed by atoms with Gasteiger partial charge in [0.2, 0.25) is 0 Å². The highest BCUT2D eigenvalue weighted by Crippen LogP contribution is 2.40. The second kappa shape index (κ2) is 10.4. The highest BCUT2D eigenvalue weighted by Gasteiger charge is 2.51. The molecule has 1 heterocycles. The Labute approximate surface area is 161 Å². The lowest BCUT2D eigenvalue weighted by molar-refractivity contribution is -0.143. The molecule has 1 aromatic carbocycles. The van der Waals surface area contributed by atoms with E-state index in [9.17, 15) is 9.59 Å². The van der Waals surface area contributed by atoms with Gasteiger partial charge in [0.15, 0.2) is 0 Å². The van der Waals surface area contributed by atoms with Gasteiger partial charge >= 0.3 is 5.97 Å². The quantitative estimate of drug-likeness (QED) is 0.239. The average Bonchev–Trinajstić information content (AvgIpc) is 3.30. The molecule has 0 aliphatic carbocycles. The Balaban J connectivity index is 1.59. The van der Waals surface area contributed by atoms with Crippen LogP contribution in [0.5, 0.6) is 0 Å². The van der Waals surface area contributed by atoms with Crippen LogP contribution in [-0.4, -0.2) is 37.2 Å². The van der Waals surface area contributed by atoms with Crippen LogP contribution in [0.4, 0.5) is 0 Å². The van der Waals surface area contributed by atoms with Crippen LogP contribution in [0.3, 0.4) is 0 Å². The van der Waals surface area contributed by atoms with Gasteiger partial charge in [-0.15, -0.1) is 0 Å². The summed E-state index contributed by atoms with van der Waals surface area (Å²) in [5.41, 5.74) is 2.22. The van der Waals surface area contributed by atoms with Crippen LogP contribution < -0.4 is 0 Å². The van der Waals surface area contributed by atoms with E-state index < -0.39 is 5.97 Å². The van der Waals surface area contributed by atoms with E-state index in [1.165, 1.54) is 18.2 Å². The Kier molecular flexibility index (Phi) is 8.20. The number of epoxide rings is 1. The minimum absolute atomic E-state index is 0.0837. The normalized spacial score (nSPS) is 21.7. The van der Waals surface area contributed by atoms with Crippen molar-refractivity contribution in [1.82, 2.24) is 0 Å². The largest absolute Gasteiger partial charge is 0.469 e. The maximum Gasteiger partial charge on any atom is 0.313 e. The molecule has 5 heteroatoms. The third-order valence-corrected chi connectivity index (χ3v) is 4.82. The highest BCUT2D eigenvalue weighted by atomic mass is 16.6. The lowest BCUT2D eigenvalue weighted by Gasteiger charge is -2.08. The molecule has 0 amide bonds. The molecule has 148 valence electrons. The second-order valence-electron chi connectivity index (χ2n) is 7.32. The summed E-state index contributed by atoms with van der Waals surface area (Å²) in [4.78, 5) is 22.6. The lowest BCUT2D eigenvalue weighted by atomic mass is 10.0. The van der Waals surface area contributed by atoms with Crippen LogP contribution in [0.2, 0.25) is 0 Å². The fourth-order valence-corrected chi connectivity index (χ4v) is 2.99. The van der Waals surface area contributed by atoms with Crippen molar-refractivity contribution < 1.29 is 23.8 Å². The molecule has 1 fully saturated rings. The first kappa shape index (κ1) is 21.3. The Hall–Kier alpha value is -1.98. The smallest absolute Gasteiger partial charge is 0.313 e. The van der Waals surface area contributed by atoms with Gasteiger partial charge in [-0.3, -0.25) is 9.59 Å². The number of methoxy groups -OCH3 is 1. The SMILES string of the molecule is COC(=O)CC(=O)CC/C=C(\C)CC[C@@H]1O[C@@]1(C)COCc1ccccc1. The molecule has 0 unspecified atom stereocenters. The molecule has 1 saturated heterocycles. The summed E-state index contributed by atoms with van der Waals surface area (Å²) in [6.07, 6.45) is 5.06. The first-order valence-corrected chi connectivity index (χ1v) is 9.46. The van der Waals surface area contributed by atoms with Gasteiger partial charge in [0.25, 0.3) is 0 Å². The van der Waals surface area contributed by atoms with Crippen LogP contribution in [0, 0.1) is 0 Å². The molecule has 1 aromatic rings. The first-order chi connectivity index (χ1) is 12.9. The van der Waals surface area contributed by atoms with Crippen LogP contribution in [0.25, 0.3) is 0 Å². The Bertz CT molecular complexity index is 652. The maximum atomic E-state index is 11.6. The zero-order chi connectivity index (χ0) is 19.7. The summed E-state index contributed by atoms with van der Waals surface area (Å²) in [7, 11) is 1.29. The van der Waals surface area contributed by atoms with Gasteiger partial charge < -0.3 is 14.2 Å². The van der Waals surface area contributed by atoms with Gasteiger partial charge in [0, 0.05) is 6.42 Å². The average molecular weight is 374 g/mol. The number of hydrogen-bond acceptors (Lipinski definition) is 5. The van der Waals surface area contributed by atoms with Crippen LogP contribution >= 0.6 is 0 Å². The van der Waals surface area contributed by atoms with E-state index in [0.29, 0.717) is 26.1 Å². The molecule has 2 atom stereocenters. The fourth-order valence-electron chi connectivity index (χ4n) is 2.99. The third-order valence-electron chi connectivity index (χ3n) is 4.82. The van der Waals surface area contributed by atoms with E-state index in [4.69, 9.17) is 9.47 Å². The zero-order valence-electron chi connectivity index (χ0n) is 16.5. The van der Waals surface area contributed by atoms with Crippen molar-refractivity contribution in [3.05, 3.63) is 47.5 Å². The molecule has 0 N–H and O–H groups in total. The monoisotopic (exact) mass is 374 g/mol. The molecule has 0 radical (unpaired) electrons. The molecular weight excluding hydrogens is 344 g/mol. The second-order valence-corrected chi connectivity index (χ2v) is 7.32. The predicted molar refractivity (Wildman–Crippen MR) is 103 cm³/mol. The van der Waals surface area contributed by atoms with Crippen molar-refractivity contribution in [2.24, 2.45) is 0 Å². The maximum absolute atomic E-state index is 11.6. The van der Waals surface area contributed by atoms with Crippen molar-refractivity contribution in [3.63, 3.8) is 0 Å². The van der Waals surface area contributed by atoms with Gasteiger partial charge in [0.05, 0.1) is 26.4 Å². The van der Waals surface area contributed by atoms with Crippen molar-refractivity contribution in [3.8, 4) is 0 Å². The molecule has 2 rings (SSSR count). The summed E-state index contributed by atoms with van der Waals surface area (Å²) < 4.78 is 16.1. The summed E-state index contributed by atoms with van der Waals surface area (Å²) in [6, 6.07) is 10.1. The van der Waals surface area contributed by atoms with Gasteiger partial charge in [-0.25, -0.2) is 0 Å². The number of carbonyl (C=O) groups is 2. The molecule has 0 aromatic heterocycles. The van der Waals surface area contributed by atoms with Crippen molar-refractivity contribution in [1.29, 1.82) is 0 Å². The number of rotatable bonds is 12. The van der Waals surface area contributed by atoms with E-state index in [1.54, 1.807) is 0 Å². The van der Waals surface area contributed by atoms with Crippen LogP contribution in [0.1, 0.15) is 51.5 Å². The van der Waals surface area contributed by atoms with Gasteiger partial charge in [0.1, 0.15) is 17.8 Å². The third kappa shape index (κ3) is 7.65. The molecule has 1 aliphatic rings. The Morgan fingerprint density at radius 3 is 2.67 bits per heavy atom. The number of allylic oxidation sites excluding steroid dienone is 2.